The number of nitrogens with zero attached hydrogens (tertiary/aromatic N) is 1. The standard InChI is InChI=1S/C20H23N3O4/c1-25-14-8-13(9-15(10-14)26-2)12-27-19-5-3-4-18(23-19)16-6-7-22-11-17(16)20(21)24/h3-5,8-10,22H,6-7,11-12H2,1-2H3,(H2,21,24). The van der Waals surface area contributed by atoms with Crippen LogP contribution in [0.5, 0.6) is 17.4 Å². The van der Waals surface area contributed by atoms with Gasteiger partial charge in [-0.2, -0.15) is 0 Å². The molecule has 0 unspecified atom stereocenters. The molecule has 1 aliphatic rings. The van der Waals surface area contributed by atoms with Gasteiger partial charge in [0.25, 0.3) is 0 Å². The summed E-state index contributed by atoms with van der Waals surface area (Å²) < 4.78 is 16.4. The summed E-state index contributed by atoms with van der Waals surface area (Å²) in [7, 11) is 3.21. The summed E-state index contributed by atoms with van der Waals surface area (Å²) in [5.74, 6) is 1.44. The molecule has 1 amide bonds. The van der Waals surface area contributed by atoms with Crippen molar-refractivity contribution >= 4 is 11.5 Å². The van der Waals surface area contributed by atoms with Crippen LogP contribution in [-0.4, -0.2) is 38.2 Å². The van der Waals surface area contributed by atoms with Gasteiger partial charge in [0.15, 0.2) is 0 Å². The number of primary amides is 1. The number of methoxy groups -OCH3 is 2. The third-order valence-electron chi connectivity index (χ3n) is 4.35. The number of nitrogens with two attached hydrogens (primary N) is 1. The molecule has 7 nitrogen and oxygen atoms in total. The molecule has 3 rings (SSSR count). The lowest BCUT2D eigenvalue weighted by atomic mass is 9.97. The molecule has 0 saturated heterocycles. The molecule has 7 heteroatoms. The van der Waals surface area contributed by atoms with Gasteiger partial charge in [0.2, 0.25) is 11.8 Å². The summed E-state index contributed by atoms with van der Waals surface area (Å²) in [6, 6.07) is 11.1. The van der Waals surface area contributed by atoms with E-state index in [1.54, 1.807) is 26.4 Å². The van der Waals surface area contributed by atoms with E-state index in [1.807, 2.05) is 24.3 Å². The minimum absolute atomic E-state index is 0.313. The average molecular weight is 369 g/mol. The smallest absolute Gasteiger partial charge is 0.246 e. The van der Waals surface area contributed by atoms with Gasteiger partial charge in [-0.1, -0.05) is 6.07 Å². The highest BCUT2D eigenvalue weighted by Crippen LogP contribution is 2.26. The first-order valence-corrected chi connectivity index (χ1v) is 8.65. The number of amides is 1. The van der Waals surface area contributed by atoms with Crippen LogP contribution in [-0.2, 0) is 11.4 Å². The Morgan fingerprint density at radius 3 is 2.59 bits per heavy atom. The molecule has 0 radical (unpaired) electrons. The summed E-state index contributed by atoms with van der Waals surface area (Å²) in [6.07, 6.45) is 0.696. The van der Waals surface area contributed by atoms with Gasteiger partial charge in [-0.3, -0.25) is 4.79 Å². The predicted molar refractivity (Wildman–Crippen MR) is 102 cm³/mol. The summed E-state index contributed by atoms with van der Waals surface area (Å²) in [4.78, 5) is 16.2. The molecule has 0 fully saturated rings. The molecular weight excluding hydrogens is 346 g/mol. The first kappa shape index (κ1) is 18.7. The van der Waals surface area contributed by atoms with Crippen molar-refractivity contribution in [1.82, 2.24) is 10.3 Å². The van der Waals surface area contributed by atoms with Crippen molar-refractivity contribution in [3.63, 3.8) is 0 Å². The molecule has 0 aliphatic carbocycles. The van der Waals surface area contributed by atoms with Gasteiger partial charge < -0.3 is 25.3 Å². The zero-order chi connectivity index (χ0) is 19.2. The van der Waals surface area contributed by atoms with E-state index in [0.717, 1.165) is 17.7 Å². The number of benzene rings is 1. The third-order valence-corrected chi connectivity index (χ3v) is 4.35. The predicted octanol–water partition coefficient (Wildman–Crippen LogP) is 1.91. The minimum Gasteiger partial charge on any atom is -0.497 e. The van der Waals surface area contributed by atoms with E-state index >= 15 is 0 Å². The monoisotopic (exact) mass is 369 g/mol. The van der Waals surface area contributed by atoms with Gasteiger partial charge >= 0.3 is 0 Å². The Hall–Kier alpha value is -3.06. The van der Waals surface area contributed by atoms with Crippen molar-refractivity contribution in [2.75, 3.05) is 27.3 Å². The molecule has 142 valence electrons. The Balaban J connectivity index is 1.80. The lowest BCUT2D eigenvalue weighted by Crippen LogP contribution is -2.31. The van der Waals surface area contributed by atoms with E-state index in [2.05, 4.69) is 10.3 Å². The van der Waals surface area contributed by atoms with Gasteiger partial charge in [0, 0.05) is 24.3 Å². The molecule has 0 spiro atoms. The Kier molecular flexibility index (Phi) is 5.93. The van der Waals surface area contributed by atoms with Crippen molar-refractivity contribution in [3.8, 4) is 17.4 Å². The van der Waals surface area contributed by atoms with Gasteiger partial charge in [-0.05, 0) is 42.3 Å². The van der Waals surface area contributed by atoms with Crippen LogP contribution in [0.4, 0.5) is 0 Å². The van der Waals surface area contributed by atoms with Crippen LogP contribution in [0.2, 0.25) is 0 Å². The Morgan fingerprint density at radius 1 is 1.19 bits per heavy atom. The number of ether oxygens (including phenoxy) is 3. The molecule has 0 atom stereocenters. The van der Waals surface area contributed by atoms with Crippen LogP contribution in [0.15, 0.2) is 42.0 Å². The van der Waals surface area contributed by atoms with E-state index in [1.165, 1.54) is 0 Å². The number of hydrogen-bond donors (Lipinski definition) is 2. The Labute approximate surface area is 158 Å². The summed E-state index contributed by atoms with van der Waals surface area (Å²) >= 11 is 0. The molecule has 0 saturated carbocycles. The van der Waals surface area contributed by atoms with E-state index < -0.39 is 5.91 Å². The van der Waals surface area contributed by atoms with Crippen LogP contribution >= 0.6 is 0 Å². The van der Waals surface area contributed by atoms with Crippen LogP contribution in [0, 0.1) is 0 Å². The van der Waals surface area contributed by atoms with Crippen LogP contribution < -0.4 is 25.3 Å². The lowest BCUT2D eigenvalue weighted by Gasteiger charge is -2.19. The molecule has 1 aromatic carbocycles. The molecule has 3 N–H and O–H groups in total. The van der Waals surface area contributed by atoms with E-state index in [0.29, 0.717) is 48.2 Å². The highest BCUT2D eigenvalue weighted by molar-refractivity contribution is 6.00. The molecule has 0 bridgehead atoms. The van der Waals surface area contributed by atoms with Gasteiger partial charge in [0.1, 0.15) is 18.1 Å². The summed E-state index contributed by atoms with van der Waals surface area (Å²) in [5.41, 5.74) is 8.56. The van der Waals surface area contributed by atoms with Crippen molar-refractivity contribution in [3.05, 3.63) is 53.2 Å². The summed E-state index contributed by atoms with van der Waals surface area (Å²) in [5, 5.41) is 3.16. The van der Waals surface area contributed by atoms with E-state index in [-0.39, 0.29) is 0 Å². The normalized spacial score (nSPS) is 14.0. The molecule has 2 aromatic rings. The number of carbonyl (C=O) groups excluding carboxylic acids is 1. The van der Waals surface area contributed by atoms with Crippen molar-refractivity contribution < 1.29 is 19.0 Å². The Bertz CT molecular complexity index is 842. The molecule has 1 aromatic heterocycles. The molecule has 1 aliphatic heterocycles. The van der Waals surface area contributed by atoms with E-state index in [9.17, 15) is 4.79 Å². The fraction of sp³-hybridized carbons (Fsp3) is 0.300. The minimum atomic E-state index is -0.422. The first-order valence-electron chi connectivity index (χ1n) is 8.65. The van der Waals surface area contributed by atoms with Crippen molar-refractivity contribution in [2.45, 2.75) is 13.0 Å². The topological polar surface area (TPSA) is 95.7 Å². The zero-order valence-electron chi connectivity index (χ0n) is 15.5. The largest absolute Gasteiger partial charge is 0.497 e. The number of rotatable bonds is 7. The average Bonchev–Trinajstić information content (AvgIpc) is 2.72. The second-order valence-corrected chi connectivity index (χ2v) is 6.12. The maximum absolute atomic E-state index is 11.7. The number of carbonyl (C=O) groups is 1. The number of aromatic nitrogens is 1. The van der Waals surface area contributed by atoms with Crippen LogP contribution in [0.25, 0.3) is 5.57 Å². The number of pyridine rings is 1. The van der Waals surface area contributed by atoms with Gasteiger partial charge in [0.05, 0.1) is 19.9 Å². The molecular formula is C20H23N3O4. The van der Waals surface area contributed by atoms with Gasteiger partial charge in [-0.25, -0.2) is 4.98 Å². The maximum atomic E-state index is 11.7. The van der Waals surface area contributed by atoms with Crippen LogP contribution in [0.1, 0.15) is 17.7 Å². The number of nitrogens with one attached hydrogen (secondary N) is 1. The Morgan fingerprint density at radius 2 is 1.93 bits per heavy atom. The highest BCUT2D eigenvalue weighted by atomic mass is 16.5. The number of hydrogen-bond acceptors (Lipinski definition) is 6. The zero-order valence-corrected chi connectivity index (χ0v) is 15.5. The van der Waals surface area contributed by atoms with Crippen LogP contribution in [0.3, 0.4) is 0 Å². The fourth-order valence-corrected chi connectivity index (χ4v) is 2.97. The lowest BCUT2D eigenvalue weighted by molar-refractivity contribution is -0.114. The van der Waals surface area contributed by atoms with Crippen molar-refractivity contribution in [1.29, 1.82) is 0 Å². The highest BCUT2D eigenvalue weighted by Gasteiger charge is 2.19. The first-order chi connectivity index (χ1) is 13.1. The van der Waals surface area contributed by atoms with Gasteiger partial charge in [-0.15, -0.1) is 0 Å². The fourth-order valence-electron chi connectivity index (χ4n) is 2.97. The molecule has 27 heavy (non-hydrogen) atoms. The maximum Gasteiger partial charge on any atom is 0.246 e. The second kappa shape index (κ2) is 8.55. The quantitative estimate of drug-likeness (QED) is 0.774. The summed E-state index contributed by atoms with van der Waals surface area (Å²) in [6.45, 7) is 1.55. The van der Waals surface area contributed by atoms with Crippen molar-refractivity contribution in [2.24, 2.45) is 5.73 Å². The molecule has 2 heterocycles. The second-order valence-electron chi connectivity index (χ2n) is 6.12. The SMILES string of the molecule is COc1cc(COc2cccc(C3=C(C(N)=O)CNCC3)n2)cc(OC)c1. The third kappa shape index (κ3) is 4.57. The van der Waals surface area contributed by atoms with E-state index in [4.69, 9.17) is 19.9 Å².